The lowest BCUT2D eigenvalue weighted by atomic mass is 10.8. The second-order valence-electron chi connectivity index (χ2n) is 2.35. The van der Waals surface area contributed by atoms with Gasteiger partial charge in [0.1, 0.15) is 0 Å². The normalized spacial score (nSPS) is 11.1. The Balaban J connectivity index is 0. The van der Waals surface area contributed by atoms with Crippen molar-refractivity contribution in [3.63, 3.8) is 0 Å². The molecule has 0 aliphatic heterocycles. The smallest absolute Gasteiger partial charge is 0.282 e. The Morgan fingerprint density at radius 3 is 0.929 bits per heavy atom. The monoisotopic (exact) mass is 244 g/mol. The van der Waals surface area contributed by atoms with Crippen LogP contribution in [0.15, 0.2) is 23.0 Å². The van der Waals surface area contributed by atoms with Crippen LogP contribution in [0, 0.1) is 0 Å². The van der Waals surface area contributed by atoms with Crippen LogP contribution >= 0.6 is 0 Å². The van der Waals surface area contributed by atoms with Crippen LogP contribution in [0.25, 0.3) is 0 Å². The average Bonchev–Trinajstić information content (AvgIpc) is 1.83. The Morgan fingerprint density at radius 1 is 0.857 bits per heavy atom. The highest BCUT2D eigenvalue weighted by Crippen LogP contribution is 1.95. The maximum Gasteiger partial charge on any atom is 0.289 e. The summed E-state index contributed by atoms with van der Waals surface area (Å²) in [5.74, 6) is 0. The van der Waals surface area contributed by atoms with E-state index in [0.717, 1.165) is 0 Å². The van der Waals surface area contributed by atoms with Crippen molar-refractivity contribution in [2.75, 3.05) is 0 Å². The lowest BCUT2D eigenvalue weighted by Crippen LogP contribution is -1.95. The standard InChI is InChI=1S/2C3H6O3S/c2*1-3(2)7(4,5)6/h2*1H2,2H3,(H,4,5,6). The Labute approximate surface area is 83.4 Å². The van der Waals surface area contributed by atoms with E-state index in [1.165, 1.54) is 13.8 Å². The minimum absolute atomic E-state index is 0.229. The topological polar surface area (TPSA) is 109 Å². The third-order valence-corrected chi connectivity index (χ3v) is 2.64. The van der Waals surface area contributed by atoms with Gasteiger partial charge >= 0.3 is 0 Å². The molecule has 84 valence electrons. The van der Waals surface area contributed by atoms with Crippen LogP contribution in [-0.4, -0.2) is 25.9 Å². The van der Waals surface area contributed by atoms with Crippen LogP contribution in [0.3, 0.4) is 0 Å². The first kappa shape index (κ1) is 15.8. The minimum atomic E-state index is -3.94. The molecule has 0 atom stereocenters. The molecule has 0 fully saturated rings. The second-order valence-corrected chi connectivity index (χ2v) is 5.65. The minimum Gasteiger partial charge on any atom is -0.282 e. The van der Waals surface area contributed by atoms with Crippen molar-refractivity contribution in [2.45, 2.75) is 13.8 Å². The molecular formula is C6H12O6S2. The fourth-order valence-corrected chi connectivity index (χ4v) is 0. The van der Waals surface area contributed by atoms with E-state index in [1.807, 2.05) is 0 Å². The molecule has 6 nitrogen and oxygen atoms in total. The Morgan fingerprint density at radius 2 is 0.929 bits per heavy atom. The Bertz CT molecular complexity index is 371. The Kier molecular flexibility index (Phi) is 5.91. The molecule has 0 spiro atoms. The molecule has 14 heavy (non-hydrogen) atoms. The zero-order valence-corrected chi connectivity index (χ0v) is 9.39. The number of allylic oxidation sites excluding steroid dienone is 2. The molecule has 8 heteroatoms. The summed E-state index contributed by atoms with van der Waals surface area (Å²) in [6.45, 7) is 8.41. The number of rotatable bonds is 2. The fraction of sp³-hybridized carbons (Fsp3) is 0.333. The first-order valence-corrected chi connectivity index (χ1v) is 6.03. The van der Waals surface area contributed by atoms with E-state index >= 15 is 0 Å². The summed E-state index contributed by atoms with van der Waals surface area (Å²) >= 11 is 0. The van der Waals surface area contributed by atoms with Crippen molar-refractivity contribution >= 4 is 20.2 Å². The fourth-order valence-electron chi connectivity index (χ4n) is 0. The number of hydrogen-bond acceptors (Lipinski definition) is 4. The van der Waals surface area contributed by atoms with E-state index < -0.39 is 20.2 Å². The zero-order valence-electron chi connectivity index (χ0n) is 7.76. The Hall–Kier alpha value is -0.700. The van der Waals surface area contributed by atoms with E-state index in [4.69, 9.17) is 9.11 Å². The van der Waals surface area contributed by atoms with Crippen LogP contribution in [0.4, 0.5) is 0 Å². The van der Waals surface area contributed by atoms with Crippen LogP contribution < -0.4 is 0 Å². The average molecular weight is 244 g/mol. The first-order chi connectivity index (χ1) is 5.89. The van der Waals surface area contributed by atoms with Gasteiger partial charge < -0.3 is 0 Å². The van der Waals surface area contributed by atoms with Crippen LogP contribution in [0.1, 0.15) is 13.8 Å². The van der Waals surface area contributed by atoms with Crippen molar-refractivity contribution in [1.29, 1.82) is 0 Å². The van der Waals surface area contributed by atoms with Gasteiger partial charge in [-0.05, 0) is 13.8 Å². The number of hydrogen-bond donors (Lipinski definition) is 2. The second kappa shape index (κ2) is 5.25. The molecule has 0 aromatic carbocycles. The van der Waals surface area contributed by atoms with Gasteiger partial charge in [-0.3, -0.25) is 9.11 Å². The lowest BCUT2D eigenvalue weighted by Gasteiger charge is -1.86. The van der Waals surface area contributed by atoms with Gasteiger partial charge in [0.25, 0.3) is 20.2 Å². The van der Waals surface area contributed by atoms with Gasteiger partial charge in [0.15, 0.2) is 0 Å². The van der Waals surface area contributed by atoms with Gasteiger partial charge in [-0.25, -0.2) is 0 Å². The van der Waals surface area contributed by atoms with E-state index in [0.29, 0.717) is 0 Å². The van der Waals surface area contributed by atoms with E-state index in [2.05, 4.69) is 13.2 Å². The molecule has 0 heterocycles. The molecular weight excluding hydrogens is 232 g/mol. The van der Waals surface area contributed by atoms with Gasteiger partial charge in [0.2, 0.25) is 0 Å². The predicted molar refractivity (Wildman–Crippen MR) is 52.7 cm³/mol. The molecule has 0 aromatic rings. The van der Waals surface area contributed by atoms with Gasteiger partial charge in [-0.15, -0.1) is 0 Å². The summed E-state index contributed by atoms with van der Waals surface area (Å²) in [6.07, 6.45) is 0. The van der Waals surface area contributed by atoms with Gasteiger partial charge in [-0.2, -0.15) is 16.8 Å². The lowest BCUT2D eigenvalue weighted by molar-refractivity contribution is 0.489. The molecule has 2 N–H and O–H groups in total. The van der Waals surface area contributed by atoms with Gasteiger partial charge in [-0.1, -0.05) is 13.2 Å². The quantitative estimate of drug-likeness (QED) is 0.696. The molecule has 0 radical (unpaired) electrons. The van der Waals surface area contributed by atoms with E-state index in [9.17, 15) is 16.8 Å². The summed E-state index contributed by atoms with van der Waals surface area (Å²) in [5.41, 5.74) is 0. The SMILES string of the molecule is C=C(C)S(=O)(=O)O.C=C(C)S(=O)(=O)O. The highest BCUT2D eigenvalue weighted by atomic mass is 32.2. The van der Waals surface area contributed by atoms with Crippen molar-refractivity contribution in [1.82, 2.24) is 0 Å². The molecule has 0 unspecified atom stereocenters. The van der Waals surface area contributed by atoms with E-state index in [-0.39, 0.29) is 9.81 Å². The first-order valence-electron chi connectivity index (χ1n) is 3.15. The molecule has 0 aliphatic rings. The van der Waals surface area contributed by atoms with Crippen molar-refractivity contribution in [2.24, 2.45) is 0 Å². The largest absolute Gasteiger partial charge is 0.289 e. The molecule has 0 saturated carbocycles. The molecule has 0 aliphatic carbocycles. The highest BCUT2D eigenvalue weighted by molar-refractivity contribution is 7.90. The zero-order chi connectivity index (χ0) is 12.2. The van der Waals surface area contributed by atoms with Gasteiger partial charge in [0.05, 0.1) is 9.81 Å². The summed E-state index contributed by atoms with van der Waals surface area (Å²) in [5, 5.41) is 0. The maximum absolute atomic E-state index is 9.79. The summed E-state index contributed by atoms with van der Waals surface area (Å²) in [7, 11) is -7.87. The predicted octanol–water partition coefficient (Wildman–Crippen LogP) is 0.816. The van der Waals surface area contributed by atoms with Gasteiger partial charge in [0, 0.05) is 0 Å². The van der Waals surface area contributed by atoms with Crippen molar-refractivity contribution in [3.05, 3.63) is 23.0 Å². The molecule has 0 rings (SSSR count). The molecule has 0 amide bonds. The van der Waals surface area contributed by atoms with Crippen molar-refractivity contribution in [3.8, 4) is 0 Å². The van der Waals surface area contributed by atoms with Crippen LogP contribution in [0.5, 0.6) is 0 Å². The molecule has 0 bridgehead atoms. The summed E-state index contributed by atoms with van der Waals surface area (Å²) in [4.78, 5) is -0.458. The highest BCUT2D eigenvalue weighted by Gasteiger charge is 2.01. The third-order valence-electron chi connectivity index (χ3n) is 0.881. The van der Waals surface area contributed by atoms with E-state index in [1.54, 1.807) is 0 Å². The molecule has 0 saturated heterocycles. The van der Waals surface area contributed by atoms with Crippen molar-refractivity contribution < 1.29 is 25.9 Å². The maximum atomic E-state index is 9.79. The van der Waals surface area contributed by atoms with Crippen LogP contribution in [-0.2, 0) is 20.2 Å². The third kappa shape index (κ3) is 9.39. The molecule has 0 aromatic heterocycles. The summed E-state index contributed by atoms with van der Waals surface area (Å²) in [6, 6.07) is 0. The van der Waals surface area contributed by atoms with Crippen LogP contribution in [0.2, 0.25) is 0 Å². The summed E-state index contributed by atoms with van der Waals surface area (Å²) < 4.78 is 55.1.